The first-order valence-electron chi connectivity index (χ1n) is 13.7. The molecule has 0 spiro atoms. The van der Waals surface area contributed by atoms with Gasteiger partial charge in [0.1, 0.15) is 0 Å². The van der Waals surface area contributed by atoms with Crippen molar-refractivity contribution >= 4 is 40.3 Å². The summed E-state index contributed by atoms with van der Waals surface area (Å²) < 4.78 is 14.1. The minimum absolute atomic E-state index is 0.156. The van der Waals surface area contributed by atoms with Crippen LogP contribution in [0, 0.1) is 11.3 Å². The van der Waals surface area contributed by atoms with Crippen LogP contribution in [0.4, 0.5) is 0 Å². The van der Waals surface area contributed by atoms with Crippen molar-refractivity contribution in [3.05, 3.63) is 72.8 Å². The van der Waals surface area contributed by atoms with E-state index in [-0.39, 0.29) is 5.90 Å². The van der Waals surface area contributed by atoms with Crippen LogP contribution in [0.25, 0.3) is 6.08 Å². The van der Waals surface area contributed by atoms with Crippen LogP contribution >= 0.6 is 0 Å². The third kappa shape index (κ3) is 9.46. The van der Waals surface area contributed by atoms with Gasteiger partial charge in [-0.05, 0) is 6.08 Å². The summed E-state index contributed by atoms with van der Waals surface area (Å²) >= 11 is -0.845. The molecule has 3 nitrogen and oxygen atoms in total. The second-order valence-electron chi connectivity index (χ2n) is 9.88. The van der Waals surface area contributed by atoms with Gasteiger partial charge in [-0.1, -0.05) is 6.58 Å². The Labute approximate surface area is 229 Å². The van der Waals surface area contributed by atoms with Crippen LogP contribution in [0.2, 0.25) is 0 Å². The maximum absolute atomic E-state index is 7.38. The van der Waals surface area contributed by atoms with E-state index in [0.29, 0.717) is 12.5 Å². The van der Waals surface area contributed by atoms with E-state index in [1.807, 2.05) is 0 Å². The fraction of sp³-hybridized carbons (Fsp3) is 0.469. The van der Waals surface area contributed by atoms with Gasteiger partial charge in [-0.25, -0.2) is 0 Å². The molecule has 0 aromatic heterocycles. The molecule has 0 unspecified atom stereocenters. The van der Waals surface area contributed by atoms with Crippen LogP contribution in [0.3, 0.4) is 0 Å². The molecule has 1 N–H and O–H groups in total. The molecule has 1 aliphatic carbocycles. The Morgan fingerprint density at radius 2 is 1.64 bits per heavy atom. The number of hydrogen-bond acceptors (Lipinski definition) is 3. The summed E-state index contributed by atoms with van der Waals surface area (Å²) in [5.41, 5.74) is 2.88. The van der Waals surface area contributed by atoms with Gasteiger partial charge in [0, 0.05) is 0 Å². The summed E-state index contributed by atoms with van der Waals surface area (Å²) in [6, 6.07) is 16.0. The SMILES string of the molecule is C=CC(=N)OCCCCCCOc1cc[c]([Sn][c]2ccc(C3CCC(CCC)CC3)c(C=C)c2)cc1. The Bertz CT molecular complexity index is 961. The average Bonchev–Trinajstić information content (AvgIpc) is 2.91. The molecular formula is C32H43NO2Sn. The van der Waals surface area contributed by atoms with Crippen LogP contribution in [-0.4, -0.2) is 40.3 Å². The van der Waals surface area contributed by atoms with Crippen molar-refractivity contribution in [1.82, 2.24) is 0 Å². The molecule has 1 fully saturated rings. The molecule has 0 aliphatic heterocycles. The van der Waals surface area contributed by atoms with Crippen molar-refractivity contribution in [1.29, 1.82) is 5.41 Å². The van der Waals surface area contributed by atoms with Gasteiger partial charge in [-0.2, -0.15) is 0 Å². The van der Waals surface area contributed by atoms with E-state index in [9.17, 15) is 0 Å². The fourth-order valence-corrected chi connectivity index (χ4v) is 8.19. The molecule has 1 saturated carbocycles. The third-order valence-electron chi connectivity index (χ3n) is 7.18. The van der Waals surface area contributed by atoms with Crippen molar-refractivity contribution < 1.29 is 9.47 Å². The second-order valence-corrected chi connectivity index (χ2v) is 13.9. The van der Waals surface area contributed by atoms with Gasteiger partial charge in [-0.3, -0.25) is 5.41 Å². The summed E-state index contributed by atoms with van der Waals surface area (Å²) in [5.74, 6) is 2.77. The third-order valence-corrected chi connectivity index (χ3v) is 10.7. The molecule has 1 aliphatic rings. The predicted molar refractivity (Wildman–Crippen MR) is 155 cm³/mol. The number of ether oxygens (including phenoxy) is 2. The number of nitrogens with one attached hydrogen (secondary N) is 1. The zero-order valence-corrected chi connectivity index (χ0v) is 24.9. The minimum atomic E-state index is -0.845. The quantitative estimate of drug-likeness (QED) is 0.103. The normalized spacial score (nSPS) is 17.4. The van der Waals surface area contributed by atoms with E-state index in [1.165, 1.54) is 62.9 Å². The molecule has 36 heavy (non-hydrogen) atoms. The molecule has 4 heteroatoms. The summed E-state index contributed by atoms with van der Waals surface area (Å²) in [6.45, 7) is 11.3. The Morgan fingerprint density at radius 3 is 2.31 bits per heavy atom. The molecule has 0 atom stereocenters. The Balaban J connectivity index is 1.41. The Morgan fingerprint density at radius 1 is 0.944 bits per heavy atom. The molecule has 3 rings (SSSR count). The molecule has 0 bridgehead atoms. The van der Waals surface area contributed by atoms with Crippen LogP contribution in [-0.2, 0) is 4.74 Å². The van der Waals surface area contributed by atoms with Gasteiger partial charge >= 0.3 is 206 Å². The van der Waals surface area contributed by atoms with Crippen molar-refractivity contribution in [2.24, 2.45) is 5.92 Å². The van der Waals surface area contributed by atoms with Gasteiger partial charge in [0.15, 0.2) is 0 Å². The van der Waals surface area contributed by atoms with E-state index in [1.54, 1.807) is 0 Å². The van der Waals surface area contributed by atoms with E-state index in [4.69, 9.17) is 14.9 Å². The number of benzene rings is 2. The fourth-order valence-electron chi connectivity index (χ4n) is 5.16. The Kier molecular flexibility index (Phi) is 12.7. The second kappa shape index (κ2) is 16.0. The number of unbranched alkanes of at least 4 members (excludes halogenated alkanes) is 3. The van der Waals surface area contributed by atoms with Crippen molar-refractivity contribution in [2.75, 3.05) is 13.2 Å². The zero-order valence-electron chi connectivity index (χ0n) is 22.1. The van der Waals surface area contributed by atoms with Crippen molar-refractivity contribution in [3.8, 4) is 5.75 Å². The number of rotatable bonds is 15. The Hall–Kier alpha value is -2.01. The van der Waals surface area contributed by atoms with Crippen LogP contribution in [0.5, 0.6) is 5.75 Å². The van der Waals surface area contributed by atoms with E-state index in [2.05, 4.69) is 68.6 Å². The summed E-state index contributed by atoms with van der Waals surface area (Å²) in [7, 11) is 0. The van der Waals surface area contributed by atoms with E-state index < -0.39 is 21.1 Å². The predicted octanol–water partition coefficient (Wildman–Crippen LogP) is 7.18. The first-order valence-corrected chi connectivity index (χ1v) is 16.6. The van der Waals surface area contributed by atoms with Crippen LogP contribution in [0.1, 0.15) is 88.2 Å². The van der Waals surface area contributed by atoms with E-state index >= 15 is 0 Å². The monoisotopic (exact) mass is 593 g/mol. The molecular weight excluding hydrogens is 549 g/mol. The van der Waals surface area contributed by atoms with Gasteiger partial charge in [0.2, 0.25) is 5.90 Å². The zero-order chi connectivity index (χ0) is 25.6. The molecule has 0 amide bonds. The molecule has 192 valence electrons. The van der Waals surface area contributed by atoms with E-state index in [0.717, 1.165) is 44.0 Å². The van der Waals surface area contributed by atoms with Crippen molar-refractivity contribution in [2.45, 2.75) is 77.0 Å². The van der Waals surface area contributed by atoms with Gasteiger partial charge < -0.3 is 0 Å². The summed E-state index contributed by atoms with van der Waals surface area (Å²) in [5, 5.41) is 7.38. The van der Waals surface area contributed by atoms with Crippen LogP contribution in [0.15, 0.2) is 61.7 Å². The van der Waals surface area contributed by atoms with Gasteiger partial charge in [-0.15, -0.1) is 0 Å². The first-order chi connectivity index (χ1) is 17.6. The first kappa shape index (κ1) is 28.6. The molecule has 0 saturated heterocycles. The topological polar surface area (TPSA) is 42.3 Å². The van der Waals surface area contributed by atoms with Gasteiger partial charge in [0.05, 0.1) is 0 Å². The van der Waals surface area contributed by atoms with Gasteiger partial charge in [0.25, 0.3) is 0 Å². The molecule has 2 radical (unpaired) electrons. The standard InChI is InChI=1S/C17H23.C15H20NO2.Sn/c1-3-7-14-10-12-16(13-11-14)17-9-6-5-8-15(17)4-2;1-2-15(16)18-13-9-4-3-8-12-17-14-10-6-5-7-11-14;/h4,6,8-9,14,16H,2-3,7,10-13H2,1H3;2,6-7,10-11,16H,1,3-4,8-9,12-13H2;. The average molecular weight is 592 g/mol. The maximum atomic E-state index is 7.38. The molecule has 2 aromatic rings. The van der Waals surface area contributed by atoms with Crippen LogP contribution < -0.4 is 11.9 Å². The van der Waals surface area contributed by atoms with Crippen molar-refractivity contribution in [3.63, 3.8) is 0 Å². The molecule has 2 aromatic carbocycles. The number of hydrogen-bond donors (Lipinski definition) is 1. The summed E-state index contributed by atoms with van der Waals surface area (Å²) in [4.78, 5) is 0. The molecule has 0 heterocycles. The summed E-state index contributed by atoms with van der Waals surface area (Å²) in [6.07, 6.45) is 15.9.